The van der Waals surface area contributed by atoms with Gasteiger partial charge >= 0.3 is 0 Å². The molecule has 0 bridgehead atoms. The van der Waals surface area contributed by atoms with Crippen LogP contribution in [0.1, 0.15) is 50.4 Å². The van der Waals surface area contributed by atoms with Gasteiger partial charge in [-0.3, -0.25) is 0 Å². The predicted molar refractivity (Wildman–Crippen MR) is 72.8 cm³/mol. The number of rotatable bonds is 3. The summed E-state index contributed by atoms with van der Waals surface area (Å²) in [5.41, 5.74) is 3.38. The predicted octanol–water partition coefficient (Wildman–Crippen LogP) is 3.10. The van der Waals surface area contributed by atoms with Crippen LogP contribution in [-0.4, -0.2) is 21.7 Å². The van der Waals surface area contributed by atoms with Gasteiger partial charge in [-0.15, -0.1) is 0 Å². The van der Waals surface area contributed by atoms with Crippen LogP contribution in [0.3, 0.4) is 0 Å². The standard InChI is InChI=1S/C15H20N2O/c1-10(2)14-16-12-5-4-11(8-13(12)17-14)15(9-18)6-3-7-15/h4-5,8,10,18H,3,6-7,9H2,1-2H3,(H,16,17). The fourth-order valence-electron chi connectivity index (χ4n) is 2.77. The van der Waals surface area contributed by atoms with E-state index in [1.165, 1.54) is 12.0 Å². The van der Waals surface area contributed by atoms with Crippen LogP contribution in [0.15, 0.2) is 18.2 Å². The molecule has 3 rings (SSSR count). The second-order valence-electron chi connectivity index (χ2n) is 5.80. The molecule has 1 aliphatic rings. The molecule has 3 nitrogen and oxygen atoms in total. The average Bonchev–Trinajstić information content (AvgIpc) is 2.71. The molecule has 1 aromatic carbocycles. The molecule has 1 heterocycles. The molecule has 0 amide bonds. The van der Waals surface area contributed by atoms with Crippen molar-refractivity contribution in [3.63, 3.8) is 0 Å². The molecule has 0 radical (unpaired) electrons. The molecule has 2 aromatic rings. The summed E-state index contributed by atoms with van der Waals surface area (Å²) >= 11 is 0. The SMILES string of the molecule is CC(C)c1nc2ccc(C3(CO)CCC3)cc2[nH]1. The van der Waals surface area contributed by atoms with Crippen molar-refractivity contribution in [3.05, 3.63) is 29.6 Å². The lowest BCUT2D eigenvalue weighted by molar-refractivity contribution is 0.120. The van der Waals surface area contributed by atoms with Gasteiger partial charge in [-0.25, -0.2) is 4.98 Å². The van der Waals surface area contributed by atoms with E-state index in [0.29, 0.717) is 5.92 Å². The number of aromatic amines is 1. The van der Waals surface area contributed by atoms with Crippen LogP contribution in [0.25, 0.3) is 11.0 Å². The molecule has 2 N–H and O–H groups in total. The van der Waals surface area contributed by atoms with Gasteiger partial charge in [-0.05, 0) is 30.5 Å². The maximum Gasteiger partial charge on any atom is 0.109 e. The van der Waals surface area contributed by atoms with Crippen molar-refractivity contribution >= 4 is 11.0 Å². The van der Waals surface area contributed by atoms with Gasteiger partial charge in [0, 0.05) is 11.3 Å². The van der Waals surface area contributed by atoms with Gasteiger partial charge in [0.05, 0.1) is 17.6 Å². The number of benzene rings is 1. The summed E-state index contributed by atoms with van der Waals surface area (Å²) in [6, 6.07) is 6.37. The van der Waals surface area contributed by atoms with Gasteiger partial charge in [0.1, 0.15) is 5.82 Å². The van der Waals surface area contributed by atoms with Crippen molar-refractivity contribution < 1.29 is 5.11 Å². The van der Waals surface area contributed by atoms with Crippen LogP contribution < -0.4 is 0 Å². The Morgan fingerprint density at radius 3 is 2.72 bits per heavy atom. The molecule has 0 saturated heterocycles. The largest absolute Gasteiger partial charge is 0.395 e. The Labute approximate surface area is 107 Å². The van der Waals surface area contributed by atoms with E-state index in [2.05, 4.69) is 42.0 Å². The van der Waals surface area contributed by atoms with Crippen LogP contribution in [0, 0.1) is 0 Å². The summed E-state index contributed by atoms with van der Waals surface area (Å²) in [4.78, 5) is 7.97. The van der Waals surface area contributed by atoms with Crippen molar-refractivity contribution in [2.75, 3.05) is 6.61 Å². The number of aliphatic hydroxyl groups excluding tert-OH is 1. The van der Waals surface area contributed by atoms with Crippen LogP contribution in [0.4, 0.5) is 0 Å². The van der Waals surface area contributed by atoms with Crippen molar-refractivity contribution in [1.82, 2.24) is 9.97 Å². The fourth-order valence-corrected chi connectivity index (χ4v) is 2.77. The Balaban J connectivity index is 2.05. The smallest absolute Gasteiger partial charge is 0.109 e. The zero-order valence-electron chi connectivity index (χ0n) is 11.0. The zero-order chi connectivity index (χ0) is 12.8. The Morgan fingerprint density at radius 2 is 2.17 bits per heavy atom. The number of aliphatic hydroxyl groups is 1. The normalized spacial score (nSPS) is 18.2. The van der Waals surface area contributed by atoms with E-state index >= 15 is 0 Å². The van der Waals surface area contributed by atoms with Crippen LogP contribution >= 0.6 is 0 Å². The molecular weight excluding hydrogens is 224 g/mol. The fraction of sp³-hybridized carbons (Fsp3) is 0.533. The number of aromatic nitrogens is 2. The average molecular weight is 244 g/mol. The second-order valence-corrected chi connectivity index (χ2v) is 5.80. The third-order valence-electron chi connectivity index (χ3n) is 4.27. The zero-order valence-corrected chi connectivity index (χ0v) is 11.0. The number of hydrogen-bond acceptors (Lipinski definition) is 2. The number of hydrogen-bond donors (Lipinski definition) is 2. The van der Waals surface area contributed by atoms with Crippen LogP contribution in [0.2, 0.25) is 0 Å². The van der Waals surface area contributed by atoms with Crippen molar-refractivity contribution in [2.24, 2.45) is 0 Å². The van der Waals surface area contributed by atoms with Gasteiger partial charge in [-0.2, -0.15) is 0 Å². The molecule has 1 aliphatic carbocycles. The highest BCUT2D eigenvalue weighted by Crippen LogP contribution is 2.43. The quantitative estimate of drug-likeness (QED) is 0.871. The second kappa shape index (κ2) is 4.09. The molecule has 0 atom stereocenters. The van der Waals surface area contributed by atoms with Gasteiger partial charge in [0.25, 0.3) is 0 Å². The van der Waals surface area contributed by atoms with E-state index in [-0.39, 0.29) is 12.0 Å². The minimum atomic E-state index is 0.0112. The maximum atomic E-state index is 9.63. The summed E-state index contributed by atoms with van der Waals surface area (Å²) < 4.78 is 0. The van der Waals surface area contributed by atoms with E-state index in [1.54, 1.807) is 0 Å². The molecule has 96 valence electrons. The highest BCUT2D eigenvalue weighted by molar-refractivity contribution is 5.76. The summed E-state index contributed by atoms with van der Waals surface area (Å²) in [6.45, 7) is 4.53. The Morgan fingerprint density at radius 1 is 1.39 bits per heavy atom. The van der Waals surface area contributed by atoms with Crippen LogP contribution in [0.5, 0.6) is 0 Å². The van der Waals surface area contributed by atoms with Gasteiger partial charge < -0.3 is 10.1 Å². The molecule has 1 fully saturated rings. The molecule has 0 spiro atoms. The number of H-pyrrole nitrogens is 1. The van der Waals surface area contributed by atoms with E-state index in [4.69, 9.17) is 0 Å². The summed E-state index contributed by atoms with van der Waals surface area (Å²) in [5, 5.41) is 9.63. The van der Waals surface area contributed by atoms with Crippen molar-refractivity contribution in [3.8, 4) is 0 Å². The molecule has 1 aromatic heterocycles. The van der Waals surface area contributed by atoms with E-state index in [0.717, 1.165) is 29.7 Å². The molecular formula is C15H20N2O. The number of nitrogens with zero attached hydrogens (tertiary/aromatic N) is 1. The van der Waals surface area contributed by atoms with E-state index < -0.39 is 0 Å². The Hall–Kier alpha value is -1.35. The molecule has 0 aliphatic heterocycles. The molecule has 3 heteroatoms. The van der Waals surface area contributed by atoms with E-state index in [9.17, 15) is 5.11 Å². The third kappa shape index (κ3) is 1.65. The third-order valence-corrected chi connectivity index (χ3v) is 4.27. The van der Waals surface area contributed by atoms with Gasteiger partial charge in [0.2, 0.25) is 0 Å². The molecule has 0 unspecified atom stereocenters. The number of imidazole rings is 1. The van der Waals surface area contributed by atoms with Gasteiger partial charge in [-0.1, -0.05) is 26.3 Å². The summed E-state index contributed by atoms with van der Waals surface area (Å²) in [7, 11) is 0. The first-order valence-electron chi connectivity index (χ1n) is 6.76. The Kier molecular flexibility index (Phi) is 2.67. The van der Waals surface area contributed by atoms with Crippen LogP contribution in [-0.2, 0) is 5.41 Å². The first-order valence-corrected chi connectivity index (χ1v) is 6.76. The highest BCUT2D eigenvalue weighted by Gasteiger charge is 2.38. The number of nitrogens with one attached hydrogen (secondary N) is 1. The lowest BCUT2D eigenvalue weighted by Gasteiger charge is -2.40. The molecule has 1 saturated carbocycles. The summed E-state index contributed by atoms with van der Waals surface area (Å²) in [5.74, 6) is 1.45. The van der Waals surface area contributed by atoms with Crippen molar-refractivity contribution in [2.45, 2.75) is 44.4 Å². The minimum Gasteiger partial charge on any atom is -0.395 e. The lowest BCUT2D eigenvalue weighted by atomic mass is 9.65. The molecule has 18 heavy (non-hydrogen) atoms. The first kappa shape index (κ1) is 11.7. The highest BCUT2D eigenvalue weighted by atomic mass is 16.3. The number of fused-ring (bicyclic) bond motifs is 1. The minimum absolute atomic E-state index is 0.0112. The summed E-state index contributed by atoms with van der Waals surface area (Å²) in [6.07, 6.45) is 3.42. The topological polar surface area (TPSA) is 48.9 Å². The van der Waals surface area contributed by atoms with Gasteiger partial charge in [0.15, 0.2) is 0 Å². The van der Waals surface area contributed by atoms with E-state index in [1.807, 2.05) is 0 Å². The lowest BCUT2D eigenvalue weighted by Crippen LogP contribution is -2.37. The monoisotopic (exact) mass is 244 g/mol. The maximum absolute atomic E-state index is 9.63. The Bertz CT molecular complexity index is 561. The van der Waals surface area contributed by atoms with Crippen molar-refractivity contribution in [1.29, 1.82) is 0 Å². The first-order chi connectivity index (χ1) is 8.64.